The van der Waals surface area contributed by atoms with Gasteiger partial charge in [-0.05, 0) is 30.2 Å². The van der Waals surface area contributed by atoms with Crippen molar-refractivity contribution >= 4 is 21.8 Å². The Morgan fingerprint density at radius 1 is 1.22 bits per heavy atom. The van der Waals surface area contributed by atoms with Gasteiger partial charge in [-0.2, -0.15) is 0 Å². The lowest BCUT2D eigenvalue weighted by Crippen LogP contribution is -2.08. The number of benzene rings is 1. The molecule has 0 aliphatic rings. The fraction of sp³-hybridized carbons (Fsp3) is 0.267. The summed E-state index contributed by atoms with van der Waals surface area (Å²) in [5.74, 6) is 0.394. The zero-order valence-corrected chi connectivity index (χ0v) is 10.7. The highest BCUT2D eigenvalue weighted by Gasteiger charge is 2.10. The number of aryl methyl sites for hydroxylation is 1. The number of aromatic nitrogens is 2. The molecule has 92 valence electrons. The quantitative estimate of drug-likeness (QED) is 0.747. The molecule has 2 N–H and O–H groups in total. The maximum absolute atomic E-state index is 5.74. The van der Waals surface area contributed by atoms with Crippen LogP contribution in [0.1, 0.15) is 18.4 Å². The van der Waals surface area contributed by atoms with Crippen molar-refractivity contribution in [2.75, 3.05) is 6.54 Å². The standard InChI is InChI=1S/C15H17N3/c1-10(8-16)11-3-4-12-13-9-17-6-5-14(13)18(2)15(12)7-11/h3-7,9-10H,8,16H2,1-2H3. The monoisotopic (exact) mass is 239 g/mol. The minimum atomic E-state index is 0.394. The van der Waals surface area contributed by atoms with Crippen molar-refractivity contribution in [2.24, 2.45) is 12.8 Å². The summed E-state index contributed by atoms with van der Waals surface area (Å²) in [5.41, 5.74) is 9.51. The van der Waals surface area contributed by atoms with E-state index in [4.69, 9.17) is 5.73 Å². The van der Waals surface area contributed by atoms with Gasteiger partial charge >= 0.3 is 0 Å². The molecule has 2 aromatic heterocycles. The van der Waals surface area contributed by atoms with Crippen LogP contribution in [0, 0.1) is 0 Å². The van der Waals surface area contributed by atoms with Gasteiger partial charge in [0.05, 0.1) is 5.52 Å². The molecule has 18 heavy (non-hydrogen) atoms. The van der Waals surface area contributed by atoms with E-state index in [-0.39, 0.29) is 0 Å². The number of nitrogens with two attached hydrogens (primary N) is 1. The minimum Gasteiger partial charge on any atom is -0.344 e. The third-order valence-electron chi connectivity index (χ3n) is 3.76. The van der Waals surface area contributed by atoms with Crippen molar-refractivity contribution < 1.29 is 0 Å². The van der Waals surface area contributed by atoms with Crippen LogP contribution in [0.4, 0.5) is 0 Å². The van der Waals surface area contributed by atoms with Gasteiger partial charge in [-0.3, -0.25) is 4.98 Å². The van der Waals surface area contributed by atoms with Gasteiger partial charge in [0, 0.05) is 35.7 Å². The first kappa shape index (κ1) is 11.2. The van der Waals surface area contributed by atoms with E-state index in [1.807, 2.05) is 12.4 Å². The predicted octanol–water partition coefficient (Wildman–Crippen LogP) is 2.79. The fourth-order valence-corrected chi connectivity index (χ4v) is 2.51. The second kappa shape index (κ2) is 4.10. The molecule has 0 radical (unpaired) electrons. The molecule has 3 rings (SSSR count). The largest absolute Gasteiger partial charge is 0.344 e. The van der Waals surface area contributed by atoms with Crippen LogP contribution in [0.5, 0.6) is 0 Å². The Kier molecular flexibility index (Phi) is 2.56. The second-order valence-corrected chi connectivity index (χ2v) is 4.87. The lowest BCUT2D eigenvalue weighted by Gasteiger charge is -2.09. The van der Waals surface area contributed by atoms with E-state index in [0.717, 1.165) is 0 Å². The first-order valence-electron chi connectivity index (χ1n) is 6.24. The van der Waals surface area contributed by atoms with E-state index < -0.39 is 0 Å². The summed E-state index contributed by atoms with van der Waals surface area (Å²) in [5, 5.41) is 2.47. The molecular formula is C15H17N3. The van der Waals surface area contributed by atoms with Crippen LogP contribution in [-0.2, 0) is 7.05 Å². The summed E-state index contributed by atoms with van der Waals surface area (Å²) < 4.78 is 2.22. The summed E-state index contributed by atoms with van der Waals surface area (Å²) in [4.78, 5) is 4.22. The van der Waals surface area contributed by atoms with Crippen molar-refractivity contribution in [3.05, 3.63) is 42.2 Å². The van der Waals surface area contributed by atoms with E-state index >= 15 is 0 Å². The molecule has 0 aliphatic carbocycles. The molecule has 0 aliphatic heterocycles. The average molecular weight is 239 g/mol. The van der Waals surface area contributed by atoms with Gasteiger partial charge in [-0.25, -0.2) is 0 Å². The topological polar surface area (TPSA) is 43.8 Å². The van der Waals surface area contributed by atoms with Crippen LogP contribution < -0.4 is 5.73 Å². The lowest BCUT2D eigenvalue weighted by atomic mass is 10.00. The maximum Gasteiger partial charge on any atom is 0.0519 e. The number of nitrogens with zero attached hydrogens (tertiary/aromatic N) is 2. The number of rotatable bonds is 2. The van der Waals surface area contributed by atoms with Crippen molar-refractivity contribution in [3.63, 3.8) is 0 Å². The summed E-state index contributed by atoms with van der Waals surface area (Å²) in [7, 11) is 2.10. The Bertz CT molecular complexity index is 712. The summed E-state index contributed by atoms with van der Waals surface area (Å²) in [6, 6.07) is 8.65. The van der Waals surface area contributed by atoms with E-state index in [9.17, 15) is 0 Å². The third-order valence-corrected chi connectivity index (χ3v) is 3.76. The first-order valence-corrected chi connectivity index (χ1v) is 6.24. The van der Waals surface area contributed by atoms with Gasteiger partial charge < -0.3 is 10.3 Å². The summed E-state index contributed by atoms with van der Waals surface area (Å²) in [6.07, 6.45) is 3.77. The van der Waals surface area contributed by atoms with Gasteiger partial charge in [0.1, 0.15) is 0 Å². The van der Waals surface area contributed by atoms with Crippen molar-refractivity contribution in [1.29, 1.82) is 0 Å². The fourth-order valence-electron chi connectivity index (χ4n) is 2.51. The molecule has 0 bridgehead atoms. The van der Waals surface area contributed by atoms with E-state index in [1.165, 1.54) is 27.4 Å². The molecule has 3 aromatic rings. The van der Waals surface area contributed by atoms with Gasteiger partial charge in [-0.15, -0.1) is 0 Å². The van der Waals surface area contributed by atoms with Gasteiger partial charge in [0.15, 0.2) is 0 Å². The first-order chi connectivity index (χ1) is 8.72. The van der Waals surface area contributed by atoms with Crippen molar-refractivity contribution in [1.82, 2.24) is 9.55 Å². The number of fused-ring (bicyclic) bond motifs is 3. The Morgan fingerprint density at radius 2 is 2.06 bits per heavy atom. The molecule has 0 amide bonds. The number of hydrogen-bond acceptors (Lipinski definition) is 2. The van der Waals surface area contributed by atoms with Crippen LogP contribution in [-0.4, -0.2) is 16.1 Å². The highest BCUT2D eigenvalue weighted by molar-refractivity contribution is 6.07. The van der Waals surface area contributed by atoms with Gasteiger partial charge in [0.25, 0.3) is 0 Å². The molecule has 3 heteroatoms. The third kappa shape index (κ3) is 1.51. The maximum atomic E-state index is 5.74. The van der Waals surface area contributed by atoms with Crippen molar-refractivity contribution in [3.8, 4) is 0 Å². The molecule has 1 aromatic carbocycles. The Labute approximate surface area is 106 Å². The summed E-state index contributed by atoms with van der Waals surface area (Å²) >= 11 is 0. The Morgan fingerprint density at radius 3 is 2.83 bits per heavy atom. The van der Waals surface area contributed by atoms with E-state index in [2.05, 4.69) is 47.8 Å². The Hall–Kier alpha value is -1.87. The summed E-state index contributed by atoms with van der Waals surface area (Å²) in [6.45, 7) is 2.84. The Balaban J connectivity index is 2.35. The molecule has 0 fully saturated rings. The molecule has 1 unspecified atom stereocenters. The lowest BCUT2D eigenvalue weighted by molar-refractivity contribution is 0.774. The molecule has 2 heterocycles. The SMILES string of the molecule is CC(CN)c1ccc2c3cnccc3n(C)c2c1. The smallest absolute Gasteiger partial charge is 0.0519 e. The normalized spacial score (nSPS) is 13.3. The highest BCUT2D eigenvalue weighted by Crippen LogP contribution is 2.29. The van der Waals surface area contributed by atoms with Gasteiger partial charge in [0.2, 0.25) is 0 Å². The molecule has 3 nitrogen and oxygen atoms in total. The van der Waals surface area contributed by atoms with Gasteiger partial charge in [-0.1, -0.05) is 19.1 Å². The van der Waals surface area contributed by atoms with Crippen LogP contribution in [0.25, 0.3) is 21.8 Å². The highest BCUT2D eigenvalue weighted by atomic mass is 14.9. The average Bonchev–Trinajstić information content (AvgIpc) is 2.72. The van der Waals surface area contributed by atoms with Crippen LogP contribution in [0.2, 0.25) is 0 Å². The van der Waals surface area contributed by atoms with Crippen molar-refractivity contribution in [2.45, 2.75) is 12.8 Å². The molecule has 0 saturated heterocycles. The van der Waals surface area contributed by atoms with E-state index in [0.29, 0.717) is 12.5 Å². The molecule has 0 spiro atoms. The van der Waals surface area contributed by atoms with Crippen LogP contribution in [0.15, 0.2) is 36.7 Å². The number of pyridine rings is 1. The molecular weight excluding hydrogens is 222 g/mol. The minimum absolute atomic E-state index is 0.394. The van der Waals surface area contributed by atoms with E-state index in [1.54, 1.807) is 0 Å². The predicted molar refractivity (Wildman–Crippen MR) is 75.7 cm³/mol. The second-order valence-electron chi connectivity index (χ2n) is 4.87. The zero-order chi connectivity index (χ0) is 12.7. The molecule has 0 saturated carbocycles. The number of hydrogen-bond donors (Lipinski definition) is 1. The van der Waals surface area contributed by atoms with Crippen LogP contribution >= 0.6 is 0 Å². The molecule has 1 atom stereocenters. The zero-order valence-electron chi connectivity index (χ0n) is 10.7. The van der Waals surface area contributed by atoms with Crippen LogP contribution in [0.3, 0.4) is 0 Å².